The fraction of sp³-hybridized carbons (Fsp3) is 0.556. The van der Waals surface area contributed by atoms with Gasteiger partial charge in [0.25, 0.3) is 5.91 Å². The van der Waals surface area contributed by atoms with Gasteiger partial charge >= 0.3 is 0 Å². The second kappa shape index (κ2) is 7.01. The molecule has 130 valence electrons. The van der Waals surface area contributed by atoms with E-state index in [4.69, 9.17) is 16.3 Å². The van der Waals surface area contributed by atoms with E-state index < -0.39 is 0 Å². The highest BCUT2D eigenvalue weighted by atomic mass is 35.5. The molecule has 0 spiro atoms. The molecule has 0 radical (unpaired) electrons. The topological polar surface area (TPSA) is 49.9 Å². The number of hydrogen-bond donors (Lipinski definition) is 0. The van der Waals surface area contributed by atoms with Gasteiger partial charge in [-0.25, -0.2) is 0 Å². The van der Waals surface area contributed by atoms with Crippen molar-refractivity contribution in [3.8, 4) is 5.75 Å². The molecule has 24 heavy (non-hydrogen) atoms. The lowest BCUT2D eigenvalue weighted by Crippen LogP contribution is -2.48. The Balaban J connectivity index is 1.86. The quantitative estimate of drug-likeness (QED) is 0.839. The number of methoxy groups -OCH3 is 1. The number of piperidine rings is 1. The Kier molecular flexibility index (Phi) is 4.99. The first-order chi connectivity index (χ1) is 11.5. The van der Waals surface area contributed by atoms with Crippen LogP contribution in [0.5, 0.6) is 5.75 Å². The van der Waals surface area contributed by atoms with E-state index in [0.717, 1.165) is 25.8 Å². The molecule has 3 heterocycles. The first-order valence-electron chi connectivity index (χ1n) is 8.48. The molecule has 2 amide bonds. The molecule has 5 nitrogen and oxygen atoms in total. The SMILES string of the molecule is CCCN1C(=O)[C@@H]2CC[C@H]1CN(C(=O)c1ccc(Cl)cc1OC)C2. The third-order valence-electron chi connectivity index (χ3n) is 4.94. The van der Waals surface area contributed by atoms with Crippen LogP contribution in [0, 0.1) is 5.92 Å². The second-order valence-electron chi connectivity index (χ2n) is 6.51. The molecule has 3 aliphatic rings. The number of ether oxygens (including phenoxy) is 1. The van der Waals surface area contributed by atoms with E-state index >= 15 is 0 Å². The molecule has 6 heteroatoms. The lowest BCUT2D eigenvalue weighted by molar-refractivity contribution is -0.139. The molecule has 3 fully saturated rings. The van der Waals surface area contributed by atoms with Crippen molar-refractivity contribution in [2.24, 2.45) is 5.92 Å². The van der Waals surface area contributed by atoms with Gasteiger partial charge in [-0.3, -0.25) is 9.59 Å². The van der Waals surface area contributed by atoms with Crippen molar-refractivity contribution in [2.45, 2.75) is 32.2 Å². The molecule has 2 atom stereocenters. The van der Waals surface area contributed by atoms with Crippen LogP contribution in [0.1, 0.15) is 36.5 Å². The maximum Gasteiger partial charge on any atom is 0.257 e. The molecule has 1 aromatic rings. The van der Waals surface area contributed by atoms with Crippen molar-refractivity contribution in [1.82, 2.24) is 9.80 Å². The molecular weight excluding hydrogens is 328 g/mol. The number of fused-ring (bicyclic) bond motifs is 4. The Morgan fingerprint density at radius 1 is 1.33 bits per heavy atom. The summed E-state index contributed by atoms with van der Waals surface area (Å²) in [6, 6.07) is 5.16. The molecule has 1 aromatic carbocycles. The van der Waals surface area contributed by atoms with E-state index in [1.54, 1.807) is 18.2 Å². The van der Waals surface area contributed by atoms with E-state index in [0.29, 0.717) is 29.4 Å². The summed E-state index contributed by atoms with van der Waals surface area (Å²) in [7, 11) is 1.53. The normalized spacial score (nSPS) is 23.4. The smallest absolute Gasteiger partial charge is 0.257 e. The Labute approximate surface area is 147 Å². The van der Waals surface area contributed by atoms with Crippen LogP contribution in [0.15, 0.2) is 18.2 Å². The number of carbonyl (C=O) groups excluding carboxylic acids is 2. The molecule has 0 aliphatic carbocycles. The van der Waals surface area contributed by atoms with Crippen molar-refractivity contribution in [1.29, 1.82) is 0 Å². The van der Waals surface area contributed by atoms with Gasteiger partial charge in [0, 0.05) is 30.7 Å². The fourth-order valence-electron chi connectivity index (χ4n) is 3.75. The number of rotatable bonds is 4. The number of carbonyl (C=O) groups is 2. The highest BCUT2D eigenvalue weighted by Crippen LogP contribution is 2.31. The van der Waals surface area contributed by atoms with Gasteiger partial charge in [0.05, 0.1) is 18.6 Å². The van der Waals surface area contributed by atoms with Crippen LogP contribution in [0.3, 0.4) is 0 Å². The number of hydrogen-bond acceptors (Lipinski definition) is 3. The highest BCUT2D eigenvalue weighted by Gasteiger charge is 2.41. The molecule has 0 saturated carbocycles. The zero-order valence-corrected chi connectivity index (χ0v) is 14.9. The minimum absolute atomic E-state index is 0.0856. The fourth-order valence-corrected chi connectivity index (χ4v) is 3.92. The molecule has 0 N–H and O–H groups in total. The molecule has 0 aromatic heterocycles. The van der Waals surface area contributed by atoms with Gasteiger partial charge in [-0.15, -0.1) is 0 Å². The van der Waals surface area contributed by atoms with Crippen molar-refractivity contribution in [3.63, 3.8) is 0 Å². The van der Waals surface area contributed by atoms with Gasteiger partial charge in [-0.1, -0.05) is 18.5 Å². The van der Waals surface area contributed by atoms with Gasteiger partial charge in [0.1, 0.15) is 5.75 Å². The molecular formula is C18H23ClN2O3. The maximum atomic E-state index is 13.0. The molecule has 2 bridgehead atoms. The minimum Gasteiger partial charge on any atom is -0.496 e. The number of nitrogens with zero attached hydrogens (tertiary/aromatic N) is 2. The summed E-state index contributed by atoms with van der Waals surface area (Å²) in [4.78, 5) is 29.4. The monoisotopic (exact) mass is 350 g/mol. The van der Waals surface area contributed by atoms with Crippen LogP contribution >= 0.6 is 11.6 Å². The van der Waals surface area contributed by atoms with Gasteiger partial charge in [-0.05, 0) is 37.5 Å². The van der Waals surface area contributed by atoms with Gasteiger partial charge in [-0.2, -0.15) is 0 Å². The lowest BCUT2D eigenvalue weighted by atomic mass is 9.94. The van der Waals surface area contributed by atoms with E-state index in [1.165, 1.54) is 7.11 Å². The van der Waals surface area contributed by atoms with Crippen molar-refractivity contribution in [3.05, 3.63) is 28.8 Å². The van der Waals surface area contributed by atoms with E-state index in [-0.39, 0.29) is 23.8 Å². The Hall–Kier alpha value is -1.75. The summed E-state index contributed by atoms with van der Waals surface area (Å²) in [5.41, 5.74) is 0.498. The first kappa shape index (κ1) is 17.1. The van der Waals surface area contributed by atoms with Crippen LogP contribution in [0.25, 0.3) is 0 Å². The summed E-state index contributed by atoms with van der Waals surface area (Å²) in [5.74, 6) is 0.497. The van der Waals surface area contributed by atoms with E-state index in [9.17, 15) is 9.59 Å². The zero-order chi connectivity index (χ0) is 17.3. The summed E-state index contributed by atoms with van der Waals surface area (Å²) >= 11 is 5.99. The lowest BCUT2D eigenvalue weighted by Gasteiger charge is -2.35. The van der Waals surface area contributed by atoms with Crippen LogP contribution in [0.2, 0.25) is 5.02 Å². The molecule has 3 saturated heterocycles. The zero-order valence-electron chi connectivity index (χ0n) is 14.1. The third-order valence-corrected chi connectivity index (χ3v) is 5.17. The predicted molar refractivity (Wildman–Crippen MR) is 92.4 cm³/mol. The Morgan fingerprint density at radius 2 is 2.12 bits per heavy atom. The predicted octanol–water partition coefficient (Wildman–Crippen LogP) is 2.82. The summed E-state index contributed by atoms with van der Waals surface area (Å²) < 4.78 is 5.31. The largest absolute Gasteiger partial charge is 0.496 e. The summed E-state index contributed by atoms with van der Waals surface area (Å²) in [5, 5.41) is 0.531. The summed E-state index contributed by atoms with van der Waals surface area (Å²) in [6.07, 6.45) is 2.77. The summed E-state index contributed by atoms with van der Waals surface area (Å²) in [6.45, 7) is 3.92. The average molecular weight is 351 g/mol. The van der Waals surface area contributed by atoms with E-state index in [2.05, 4.69) is 6.92 Å². The van der Waals surface area contributed by atoms with Crippen molar-refractivity contribution < 1.29 is 14.3 Å². The molecule has 0 unspecified atom stereocenters. The third kappa shape index (κ3) is 3.09. The number of halogens is 1. The average Bonchev–Trinajstić information content (AvgIpc) is 2.87. The number of benzene rings is 1. The molecule has 3 aliphatic heterocycles. The van der Waals surface area contributed by atoms with Crippen molar-refractivity contribution >= 4 is 23.4 Å². The maximum absolute atomic E-state index is 13.0. The minimum atomic E-state index is -0.0911. The van der Waals surface area contributed by atoms with E-state index in [1.807, 2.05) is 9.80 Å². The second-order valence-corrected chi connectivity index (χ2v) is 6.95. The Bertz CT molecular complexity index is 649. The van der Waals surface area contributed by atoms with Gasteiger partial charge < -0.3 is 14.5 Å². The molecule has 4 rings (SSSR count). The van der Waals surface area contributed by atoms with Gasteiger partial charge in [0.2, 0.25) is 5.91 Å². The van der Waals surface area contributed by atoms with Crippen LogP contribution in [0.4, 0.5) is 0 Å². The highest BCUT2D eigenvalue weighted by molar-refractivity contribution is 6.30. The van der Waals surface area contributed by atoms with Crippen LogP contribution < -0.4 is 4.74 Å². The Morgan fingerprint density at radius 3 is 2.83 bits per heavy atom. The van der Waals surface area contributed by atoms with Crippen LogP contribution in [-0.4, -0.2) is 54.4 Å². The standard InChI is InChI=1S/C18H23ClN2O3/c1-3-8-21-14-6-4-12(17(21)22)10-20(11-14)18(23)15-7-5-13(19)9-16(15)24-2/h5,7,9,12,14H,3-4,6,8,10-11H2,1-2H3/t12-,14+/m1/s1. The van der Waals surface area contributed by atoms with Gasteiger partial charge in [0.15, 0.2) is 0 Å². The van der Waals surface area contributed by atoms with Crippen molar-refractivity contribution in [2.75, 3.05) is 26.7 Å². The number of amides is 2. The first-order valence-corrected chi connectivity index (χ1v) is 8.86. The van der Waals surface area contributed by atoms with Crippen LogP contribution in [-0.2, 0) is 4.79 Å².